The summed E-state index contributed by atoms with van der Waals surface area (Å²) >= 11 is 0. The zero-order chi connectivity index (χ0) is 21.1. The standard InChI is InChI=1S/C21H22O8/c1-25-15-6-11(7-16(26-2)19(15)22)5-13-10-14(29-21(13)24)12-8-17(27-3)20(23)18(9-12)28-4/h5-9,14,22-23H,10H2,1-4H3/t14-/m1/s1. The third-order valence-electron chi connectivity index (χ3n) is 4.63. The maximum Gasteiger partial charge on any atom is 0.334 e. The Hall–Kier alpha value is -3.55. The van der Waals surface area contributed by atoms with E-state index in [-0.39, 0.29) is 34.5 Å². The quantitative estimate of drug-likeness (QED) is 0.561. The van der Waals surface area contributed by atoms with Crippen molar-refractivity contribution in [2.24, 2.45) is 0 Å². The van der Waals surface area contributed by atoms with Crippen LogP contribution in [0.15, 0.2) is 29.8 Å². The van der Waals surface area contributed by atoms with Gasteiger partial charge in [0.1, 0.15) is 6.10 Å². The van der Waals surface area contributed by atoms with E-state index in [9.17, 15) is 15.0 Å². The fourth-order valence-electron chi connectivity index (χ4n) is 3.13. The van der Waals surface area contributed by atoms with E-state index in [1.54, 1.807) is 30.3 Å². The molecule has 8 nitrogen and oxygen atoms in total. The number of aromatic hydroxyl groups is 2. The Kier molecular flexibility index (Phi) is 5.72. The van der Waals surface area contributed by atoms with E-state index < -0.39 is 12.1 Å². The monoisotopic (exact) mass is 402 g/mol. The van der Waals surface area contributed by atoms with Crippen LogP contribution in [0, 0.1) is 0 Å². The number of rotatable bonds is 6. The lowest BCUT2D eigenvalue weighted by atomic mass is 10.0. The highest BCUT2D eigenvalue weighted by Crippen LogP contribution is 2.43. The van der Waals surface area contributed by atoms with Crippen molar-refractivity contribution in [1.82, 2.24) is 0 Å². The lowest BCUT2D eigenvalue weighted by Crippen LogP contribution is -2.00. The fourth-order valence-corrected chi connectivity index (χ4v) is 3.13. The summed E-state index contributed by atoms with van der Waals surface area (Å²) in [4.78, 5) is 12.4. The molecule has 0 bridgehead atoms. The van der Waals surface area contributed by atoms with Gasteiger partial charge in [-0.1, -0.05) is 0 Å². The molecule has 1 aliphatic heterocycles. The van der Waals surface area contributed by atoms with Crippen LogP contribution in [0.2, 0.25) is 0 Å². The van der Waals surface area contributed by atoms with Crippen molar-refractivity contribution in [1.29, 1.82) is 0 Å². The molecule has 2 aromatic carbocycles. The third kappa shape index (κ3) is 3.87. The van der Waals surface area contributed by atoms with Crippen LogP contribution in [0.5, 0.6) is 34.5 Å². The molecule has 1 saturated heterocycles. The van der Waals surface area contributed by atoms with Gasteiger partial charge in [0.25, 0.3) is 0 Å². The second-order valence-corrected chi connectivity index (χ2v) is 6.32. The summed E-state index contributed by atoms with van der Waals surface area (Å²) in [5.41, 5.74) is 1.69. The van der Waals surface area contributed by atoms with E-state index in [4.69, 9.17) is 23.7 Å². The van der Waals surface area contributed by atoms with Gasteiger partial charge in [-0.05, 0) is 35.9 Å². The fraction of sp³-hybridized carbons (Fsp3) is 0.286. The minimum absolute atomic E-state index is 0.118. The van der Waals surface area contributed by atoms with E-state index in [2.05, 4.69) is 0 Å². The Morgan fingerprint density at radius 3 is 1.76 bits per heavy atom. The molecule has 1 fully saturated rings. The second kappa shape index (κ2) is 8.22. The van der Waals surface area contributed by atoms with Crippen molar-refractivity contribution in [2.75, 3.05) is 28.4 Å². The number of ether oxygens (including phenoxy) is 5. The van der Waals surface area contributed by atoms with E-state index in [1.165, 1.54) is 28.4 Å². The summed E-state index contributed by atoms with van der Waals surface area (Å²) in [6.07, 6.45) is 1.40. The smallest absolute Gasteiger partial charge is 0.334 e. The van der Waals surface area contributed by atoms with Gasteiger partial charge in [-0.25, -0.2) is 4.79 Å². The Bertz CT molecular complexity index is 913. The Morgan fingerprint density at radius 1 is 0.862 bits per heavy atom. The highest BCUT2D eigenvalue weighted by atomic mass is 16.6. The molecule has 1 atom stereocenters. The first-order chi connectivity index (χ1) is 13.9. The predicted molar refractivity (Wildman–Crippen MR) is 104 cm³/mol. The summed E-state index contributed by atoms with van der Waals surface area (Å²) in [5, 5.41) is 20.1. The molecule has 154 valence electrons. The van der Waals surface area contributed by atoms with Gasteiger partial charge < -0.3 is 33.9 Å². The van der Waals surface area contributed by atoms with Gasteiger partial charge in [0.15, 0.2) is 23.0 Å². The molecule has 0 saturated carbocycles. The highest BCUT2D eigenvalue weighted by molar-refractivity contribution is 5.96. The largest absolute Gasteiger partial charge is 0.502 e. The van der Waals surface area contributed by atoms with Crippen LogP contribution < -0.4 is 18.9 Å². The first-order valence-corrected chi connectivity index (χ1v) is 8.73. The van der Waals surface area contributed by atoms with Gasteiger partial charge in [0.2, 0.25) is 11.5 Å². The van der Waals surface area contributed by atoms with Crippen LogP contribution >= 0.6 is 0 Å². The molecule has 1 heterocycles. The number of cyclic esters (lactones) is 1. The number of esters is 1. The number of benzene rings is 2. The van der Waals surface area contributed by atoms with Crippen LogP contribution in [0.4, 0.5) is 0 Å². The average molecular weight is 402 g/mol. The van der Waals surface area contributed by atoms with Gasteiger partial charge in [0.05, 0.1) is 28.4 Å². The number of carbonyl (C=O) groups excluding carboxylic acids is 1. The predicted octanol–water partition coefficient (Wildman–Crippen LogP) is 3.20. The van der Waals surface area contributed by atoms with Crippen molar-refractivity contribution >= 4 is 12.0 Å². The SMILES string of the molecule is COc1cc(C=C2C[C@H](c3cc(OC)c(O)c(OC)c3)OC2=O)cc(OC)c1O. The van der Waals surface area contributed by atoms with E-state index >= 15 is 0 Å². The van der Waals surface area contributed by atoms with Gasteiger partial charge in [-0.15, -0.1) is 0 Å². The number of hydrogen-bond acceptors (Lipinski definition) is 8. The Balaban J connectivity index is 1.93. The molecule has 0 aromatic heterocycles. The van der Waals surface area contributed by atoms with Crippen LogP contribution in [0.25, 0.3) is 6.08 Å². The molecule has 2 aromatic rings. The van der Waals surface area contributed by atoms with Crippen molar-refractivity contribution in [2.45, 2.75) is 12.5 Å². The summed E-state index contributed by atoms with van der Waals surface area (Å²) in [6.45, 7) is 0. The molecular weight excluding hydrogens is 380 g/mol. The topological polar surface area (TPSA) is 104 Å². The summed E-state index contributed by atoms with van der Waals surface area (Å²) in [5.74, 6) is 0.197. The maximum atomic E-state index is 12.4. The number of methoxy groups -OCH3 is 4. The van der Waals surface area contributed by atoms with Crippen LogP contribution in [-0.4, -0.2) is 44.6 Å². The van der Waals surface area contributed by atoms with Gasteiger partial charge in [-0.2, -0.15) is 0 Å². The molecule has 0 unspecified atom stereocenters. The number of hydrogen-bond donors (Lipinski definition) is 2. The summed E-state index contributed by atoms with van der Waals surface area (Å²) in [7, 11) is 5.71. The van der Waals surface area contributed by atoms with Gasteiger partial charge >= 0.3 is 5.97 Å². The van der Waals surface area contributed by atoms with E-state index in [1.807, 2.05) is 0 Å². The molecule has 0 radical (unpaired) electrons. The van der Waals surface area contributed by atoms with Crippen LogP contribution in [0.3, 0.4) is 0 Å². The van der Waals surface area contributed by atoms with Gasteiger partial charge in [-0.3, -0.25) is 0 Å². The highest BCUT2D eigenvalue weighted by Gasteiger charge is 2.31. The first kappa shape index (κ1) is 20.2. The van der Waals surface area contributed by atoms with Gasteiger partial charge in [0, 0.05) is 17.6 Å². The van der Waals surface area contributed by atoms with E-state index in [0.29, 0.717) is 23.1 Å². The van der Waals surface area contributed by atoms with E-state index in [0.717, 1.165) is 0 Å². The number of carbonyl (C=O) groups is 1. The molecule has 0 spiro atoms. The molecule has 3 rings (SSSR count). The number of phenols is 2. The minimum atomic E-state index is -0.557. The molecular formula is C21H22O8. The number of phenolic OH excluding ortho intramolecular Hbond substituents is 2. The molecule has 8 heteroatoms. The molecule has 0 aliphatic carbocycles. The zero-order valence-electron chi connectivity index (χ0n) is 16.5. The lowest BCUT2D eigenvalue weighted by Gasteiger charge is -2.14. The van der Waals surface area contributed by atoms with Crippen molar-refractivity contribution < 1.29 is 38.7 Å². The summed E-state index contributed by atoms with van der Waals surface area (Å²) in [6, 6.07) is 6.40. The molecule has 2 N–H and O–H groups in total. The summed E-state index contributed by atoms with van der Waals surface area (Å²) < 4.78 is 26.1. The van der Waals surface area contributed by atoms with Crippen LogP contribution in [0.1, 0.15) is 23.7 Å². The maximum absolute atomic E-state index is 12.4. The normalized spacial score (nSPS) is 17.2. The average Bonchev–Trinajstić information content (AvgIpc) is 3.09. The Labute approximate surface area is 167 Å². The molecule has 1 aliphatic rings. The lowest BCUT2D eigenvalue weighted by molar-refractivity contribution is -0.139. The van der Waals surface area contributed by atoms with Crippen LogP contribution in [-0.2, 0) is 9.53 Å². The van der Waals surface area contributed by atoms with Crippen molar-refractivity contribution in [3.63, 3.8) is 0 Å². The molecule has 0 amide bonds. The van der Waals surface area contributed by atoms with Crippen molar-refractivity contribution in [3.8, 4) is 34.5 Å². The second-order valence-electron chi connectivity index (χ2n) is 6.32. The zero-order valence-corrected chi connectivity index (χ0v) is 16.5. The molecule has 29 heavy (non-hydrogen) atoms. The first-order valence-electron chi connectivity index (χ1n) is 8.73. The Morgan fingerprint density at radius 2 is 1.31 bits per heavy atom. The minimum Gasteiger partial charge on any atom is -0.502 e. The third-order valence-corrected chi connectivity index (χ3v) is 4.63. The van der Waals surface area contributed by atoms with Crippen molar-refractivity contribution in [3.05, 3.63) is 41.0 Å².